The van der Waals surface area contributed by atoms with Crippen LogP contribution in [0.15, 0.2) is 78.5 Å². The van der Waals surface area contributed by atoms with Gasteiger partial charge in [-0.3, -0.25) is 4.90 Å². The van der Waals surface area contributed by atoms with Gasteiger partial charge >= 0.3 is 6.09 Å². The van der Waals surface area contributed by atoms with Crippen LogP contribution in [-0.2, 0) is 20.9 Å². The van der Waals surface area contributed by atoms with Crippen LogP contribution in [-0.4, -0.2) is 85.2 Å². The van der Waals surface area contributed by atoms with Crippen molar-refractivity contribution in [2.24, 2.45) is 22.9 Å². The first-order chi connectivity index (χ1) is 31.9. The van der Waals surface area contributed by atoms with Crippen LogP contribution < -0.4 is 18.9 Å². The Morgan fingerprint density at radius 2 is 1.55 bits per heavy atom. The molecule has 12 heteroatoms. The van der Waals surface area contributed by atoms with E-state index in [0.29, 0.717) is 49.1 Å². The maximum Gasteiger partial charge on any atom is 0.410 e. The van der Waals surface area contributed by atoms with Gasteiger partial charge in [0.25, 0.3) is 0 Å². The molecule has 6 rings (SSSR count). The third-order valence-corrected chi connectivity index (χ3v) is 13.4. The average Bonchev–Trinajstić information content (AvgIpc) is 3.80. The second-order valence-electron chi connectivity index (χ2n) is 17.9. The smallest absolute Gasteiger partial charge is 0.410 e. The molecule has 1 amide bonds. The lowest BCUT2D eigenvalue weighted by Crippen LogP contribution is -2.70. The molecule has 12 nitrogen and oxygen atoms in total. The number of aliphatic hydroxyl groups is 2. The first-order valence-corrected chi connectivity index (χ1v) is 24.7. The third-order valence-electron chi connectivity index (χ3n) is 13.4. The van der Waals surface area contributed by atoms with E-state index in [1.165, 1.54) is 44.9 Å². The highest BCUT2D eigenvalue weighted by atomic mass is 16.7. The van der Waals surface area contributed by atoms with Gasteiger partial charge in [0, 0.05) is 37.7 Å². The SMILES string of the molecule is C=CCOc1ccc2c(c1)C1C(CCCCO)C(CCCCO)C=C3C(=NOCC)CC(N(Cc4ccc5c(c4)OCO5)C(=O)OCCCCCCCCCCCC)C(OCC=C)(O2)C31. The van der Waals surface area contributed by atoms with Crippen molar-refractivity contribution in [3.63, 3.8) is 0 Å². The predicted molar refractivity (Wildman–Crippen MR) is 254 cm³/mol. The number of rotatable bonds is 30. The van der Waals surface area contributed by atoms with Gasteiger partial charge in [-0.1, -0.05) is 114 Å². The number of hydrogen-bond acceptors (Lipinski definition) is 11. The summed E-state index contributed by atoms with van der Waals surface area (Å²) in [6, 6.07) is 11.0. The van der Waals surface area contributed by atoms with E-state index >= 15 is 0 Å². The number of ether oxygens (including phenoxy) is 6. The fourth-order valence-corrected chi connectivity index (χ4v) is 10.4. The highest BCUT2D eigenvalue weighted by molar-refractivity contribution is 6.03. The molecule has 1 saturated carbocycles. The predicted octanol–water partition coefficient (Wildman–Crippen LogP) is 11.2. The Kier molecular flexibility index (Phi) is 19.9. The van der Waals surface area contributed by atoms with Crippen molar-refractivity contribution in [2.45, 2.75) is 147 Å². The summed E-state index contributed by atoms with van der Waals surface area (Å²) >= 11 is 0. The monoisotopic (exact) mass is 901 g/mol. The number of nitrogens with zero attached hydrogens (tertiary/aromatic N) is 2. The molecule has 65 heavy (non-hydrogen) atoms. The molecule has 0 bridgehead atoms. The largest absolute Gasteiger partial charge is 0.490 e. The molecule has 2 aromatic rings. The zero-order valence-corrected chi connectivity index (χ0v) is 39.2. The Bertz CT molecular complexity index is 1880. The van der Waals surface area contributed by atoms with E-state index in [2.05, 4.69) is 32.2 Å². The van der Waals surface area contributed by atoms with Crippen LogP contribution in [0.25, 0.3) is 0 Å². The van der Waals surface area contributed by atoms with Crippen molar-refractivity contribution >= 4 is 11.8 Å². The number of amides is 1. The minimum atomic E-state index is -1.43. The number of aliphatic hydroxyl groups excluding tert-OH is 2. The van der Waals surface area contributed by atoms with Gasteiger partial charge in [-0.05, 0) is 92.3 Å². The first-order valence-electron chi connectivity index (χ1n) is 24.7. The lowest BCUT2D eigenvalue weighted by Gasteiger charge is -2.59. The van der Waals surface area contributed by atoms with E-state index < -0.39 is 23.8 Å². The van der Waals surface area contributed by atoms with Crippen molar-refractivity contribution in [3.05, 3.63) is 84.5 Å². The van der Waals surface area contributed by atoms with Gasteiger partial charge in [-0.25, -0.2) is 4.79 Å². The van der Waals surface area contributed by atoms with Crippen LogP contribution in [0.5, 0.6) is 23.0 Å². The quantitative estimate of drug-likeness (QED) is 0.0443. The van der Waals surface area contributed by atoms with E-state index in [4.69, 9.17) is 38.4 Å². The second kappa shape index (κ2) is 26.0. The minimum Gasteiger partial charge on any atom is -0.490 e. The van der Waals surface area contributed by atoms with Crippen molar-refractivity contribution < 1.29 is 48.3 Å². The summed E-state index contributed by atoms with van der Waals surface area (Å²) in [5, 5.41) is 24.7. The average molecular weight is 901 g/mol. The van der Waals surface area contributed by atoms with Gasteiger partial charge in [0.2, 0.25) is 12.6 Å². The molecule has 2 N–H and O–H groups in total. The Morgan fingerprint density at radius 1 is 0.846 bits per heavy atom. The fraction of sp³-hybridized carbons (Fsp3) is 0.623. The number of carbonyl (C=O) groups is 1. The molecule has 0 saturated heterocycles. The first kappa shape index (κ1) is 49.9. The Morgan fingerprint density at radius 3 is 2.28 bits per heavy atom. The van der Waals surface area contributed by atoms with Gasteiger partial charge in [-0.15, -0.1) is 6.58 Å². The highest BCUT2D eigenvalue weighted by Crippen LogP contribution is 2.62. The highest BCUT2D eigenvalue weighted by Gasteiger charge is 2.65. The molecule has 2 aliphatic carbocycles. The van der Waals surface area contributed by atoms with Crippen molar-refractivity contribution in [1.82, 2.24) is 4.90 Å². The standard InChI is InChI=1S/C53H76N2O10/c1-5-9-10-11-12-13-14-15-16-21-32-60-52(58)55(37-39-24-26-47-48(33-39)62-38-61-47)49-36-45(54-64-8-4)43-34-40(22-17-19-28-56)42(23-18-20-29-57)50-44-35-41(59-30-6-2)25-27-46(44)65-53(49,51(43)50)63-31-7-3/h6-7,24-27,33-35,40,42,49-51,56-57H,2-3,5,8-23,28-32,36-38H2,1,4H3. The molecule has 6 unspecified atom stereocenters. The van der Waals surface area contributed by atoms with Gasteiger partial charge in [0.05, 0.1) is 24.8 Å². The summed E-state index contributed by atoms with van der Waals surface area (Å²) in [4.78, 5) is 22.7. The van der Waals surface area contributed by atoms with Crippen molar-refractivity contribution in [2.75, 3.05) is 46.4 Å². The van der Waals surface area contributed by atoms with E-state index in [0.717, 1.165) is 67.4 Å². The molecule has 4 aliphatic rings. The van der Waals surface area contributed by atoms with Gasteiger partial charge in [0.15, 0.2) is 11.5 Å². The third kappa shape index (κ3) is 12.7. The van der Waals surface area contributed by atoms with Crippen LogP contribution in [0.3, 0.4) is 0 Å². The summed E-state index contributed by atoms with van der Waals surface area (Å²) in [6.07, 6.45) is 22.1. The number of carbonyl (C=O) groups excluding carboxylic acids is 1. The lowest BCUT2D eigenvalue weighted by atomic mass is 9.55. The molecule has 1 fully saturated rings. The number of allylic oxidation sites excluding steroid dienone is 1. The Labute approximate surface area is 388 Å². The van der Waals surface area contributed by atoms with Crippen LogP contribution in [0.1, 0.15) is 140 Å². The van der Waals surface area contributed by atoms with Gasteiger partial charge in [0.1, 0.15) is 30.8 Å². The van der Waals surface area contributed by atoms with Crippen LogP contribution >= 0.6 is 0 Å². The van der Waals surface area contributed by atoms with E-state index in [1.54, 1.807) is 17.1 Å². The molecular weight excluding hydrogens is 825 g/mol. The van der Waals surface area contributed by atoms with Crippen molar-refractivity contribution in [1.29, 1.82) is 0 Å². The zero-order valence-electron chi connectivity index (χ0n) is 39.2. The summed E-state index contributed by atoms with van der Waals surface area (Å²) in [5.74, 6) is 0.751. The number of fused-ring (bicyclic) bond motifs is 3. The fourth-order valence-electron chi connectivity index (χ4n) is 10.4. The molecular formula is C53H76N2O10. The summed E-state index contributed by atoms with van der Waals surface area (Å²) in [6.45, 7) is 13.8. The summed E-state index contributed by atoms with van der Waals surface area (Å²) < 4.78 is 38.4. The Balaban J connectivity index is 1.44. The molecule has 2 aliphatic heterocycles. The molecule has 358 valence electrons. The summed E-state index contributed by atoms with van der Waals surface area (Å²) in [5.41, 5.74) is 3.53. The number of unbranched alkanes of at least 4 members (excludes halogenated alkanes) is 11. The minimum absolute atomic E-state index is 0.0794. The van der Waals surface area contributed by atoms with E-state index in [-0.39, 0.29) is 63.9 Å². The number of benzene rings is 2. The molecule has 0 aromatic heterocycles. The maximum absolute atomic E-state index is 15.0. The molecule has 2 heterocycles. The van der Waals surface area contributed by atoms with Crippen LogP contribution in [0.4, 0.5) is 4.79 Å². The van der Waals surface area contributed by atoms with E-state index in [9.17, 15) is 15.0 Å². The van der Waals surface area contributed by atoms with Crippen molar-refractivity contribution in [3.8, 4) is 23.0 Å². The topological polar surface area (TPSA) is 138 Å². The van der Waals surface area contributed by atoms with Gasteiger partial charge in [-0.2, -0.15) is 0 Å². The number of oxime groups is 1. The zero-order chi connectivity index (χ0) is 45.9. The lowest BCUT2D eigenvalue weighted by molar-refractivity contribution is -0.256. The second-order valence-corrected chi connectivity index (χ2v) is 17.9. The van der Waals surface area contributed by atoms with E-state index in [1.807, 2.05) is 37.3 Å². The van der Waals surface area contributed by atoms with Crippen LogP contribution in [0, 0.1) is 17.8 Å². The number of hydrogen-bond donors (Lipinski definition) is 2. The normalized spacial score (nSPS) is 23.2. The maximum atomic E-state index is 15.0. The molecule has 0 radical (unpaired) electrons. The Hall–Kier alpha value is -4.52. The molecule has 2 aromatic carbocycles. The summed E-state index contributed by atoms with van der Waals surface area (Å²) in [7, 11) is 0. The van der Waals surface area contributed by atoms with Crippen LogP contribution in [0.2, 0.25) is 0 Å². The molecule has 0 spiro atoms. The molecule has 6 atom stereocenters. The van der Waals surface area contributed by atoms with Gasteiger partial charge < -0.3 is 43.5 Å².